The highest BCUT2D eigenvalue weighted by Gasteiger charge is 2.26. The average Bonchev–Trinajstić information content (AvgIpc) is 2.36. The van der Waals surface area contributed by atoms with Crippen molar-refractivity contribution in [3.63, 3.8) is 0 Å². The topological polar surface area (TPSA) is 90.7 Å². The summed E-state index contributed by atoms with van der Waals surface area (Å²) < 4.78 is 10.2. The fourth-order valence-electron chi connectivity index (χ4n) is 1.44. The quantitative estimate of drug-likeness (QED) is 0.647. The van der Waals surface area contributed by atoms with Crippen LogP contribution in [0.4, 0.5) is 0 Å². The van der Waals surface area contributed by atoms with Crippen molar-refractivity contribution in [3.8, 4) is 11.5 Å². The molecule has 0 amide bonds. The van der Waals surface area contributed by atoms with Gasteiger partial charge in [-0.15, -0.1) is 0 Å². The second-order valence-corrected chi connectivity index (χ2v) is 3.51. The van der Waals surface area contributed by atoms with Gasteiger partial charge < -0.3 is 26.0 Å². The minimum atomic E-state index is -1.22. The summed E-state index contributed by atoms with van der Waals surface area (Å²) in [5.41, 5.74) is 10.4. The summed E-state index contributed by atoms with van der Waals surface area (Å²) in [7, 11) is 3.08. The molecule has 0 fully saturated rings. The van der Waals surface area contributed by atoms with Gasteiger partial charge in [-0.25, -0.2) is 0 Å². The maximum absolute atomic E-state index is 10.1. The minimum Gasteiger partial charge on any atom is -0.493 e. The second kappa shape index (κ2) is 5.16. The fraction of sp³-hybridized carbons (Fsp3) is 0.455. The van der Waals surface area contributed by atoms with Gasteiger partial charge in [0, 0.05) is 13.1 Å². The van der Waals surface area contributed by atoms with E-state index in [1.807, 2.05) is 0 Å². The molecule has 5 N–H and O–H groups in total. The number of benzene rings is 1. The lowest BCUT2D eigenvalue weighted by Crippen LogP contribution is -2.41. The standard InChI is InChI=1S/C11H18N2O3/c1-15-9-4-3-8(5-10(9)16-2)11(14,6-12)7-13/h3-5,14H,6-7,12-13H2,1-2H3. The van der Waals surface area contributed by atoms with Gasteiger partial charge in [-0.1, -0.05) is 6.07 Å². The average molecular weight is 226 g/mol. The van der Waals surface area contributed by atoms with Crippen LogP contribution < -0.4 is 20.9 Å². The lowest BCUT2D eigenvalue weighted by molar-refractivity contribution is 0.0551. The summed E-state index contributed by atoms with van der Waals surface area (Å²) in [4.78, 5) is 0. The molecule has 0 saturated heterocycles. The third-order valence-corrected chi connectivity index (χ3v) is 2.60. The maximum atomic E-state index is 10.1. The summed E-state index contributed by atoms with van der Waals surface area (Å²) in [5.74, 6) is 1.14. The van der Waals surface area contributed by atoms with E-state index in [1.54, 1.807) is 25.3 Å². The van der Waals surface area contributed by atoms with Crippen LogP contribution in [-0.2, 0) is 5.60 Å². The Balaban J connectivity index is 3.16. The van der Waals surface area contributed by atoms with Crippen LogP contribution in [0.25, 0.3) is 0 Å². The molecule has 1 aromatic carbocycles. The van der Waals surface area contributed by atoms with Gasteiger partial charge in [0.05, 0.1) is 14.2 Å². The lowest BCUT2D eigenvalue weighted by Gasteiger charge is -2.25. The lowest BCUT2D eigenvalue weighted by atomic mass is 9.94. The van der Waals surface area contributed by atoms with Gasteiger partial charge in [0.2, 0.25) is 0 Å². The van der Waals surface area contributed by atoms with Gasteiger partial charge >= 0.3 is 0 Å². The van der Waals surface area contributed by atoms with Crippen molar-refractivity contribution >= 4 is 0 Å². The van der Waals surface area contributed by atoms with Gasteiger partial charge in [-0.05, 0) is 17.7 Å². The van der Waals surface area contributed by atoms with Crippen LogP contribution in [0.15, 0.2) is 18.2 Å². The Bertz CT molecular complexity index is 351. The van der Waals surface area contributed by atoms with Crippen LogP contribution in [0.3, 0.4) is 0 Å². The number of hydrogen-bond acceptors (Lipinski definition) is 5. The van der Waals surface area contributed by atoms with Crippen molar-refractivity contribution in [2.45, 2.75) is 5.60 Å². The summed E-state index contributed by atoms with van der Waals surface area (Å²) >= 11 is 0. The zero-order valence-electron chi connectivity index (χ0n) is 9.56. The normalized spacial score (nSPS) is 11.3. The number of hydrogen-bond donors (Lipinski definition) is 3. The first-order valence-electron chi connectivity index (χ1n) is 4.96. The number of ether oxygens (including phenoxy) is 2. The molecule has 16 heavy (non-hydrogen) atoms. The number of aliphatic hydroxyl groups is 1. The monoisotopic (exact) mass is 226 g/mol. The van der Waals surface area contributed by atoms with E-state index < -0.39 is 5.60 Å². The molecule has 0 saturated carbocycles. The van der Waals surface area contributed by atoms with Crippen molar-refractivity contribution in [1.29, 1.82) is 0 Å². The predicted molar refractivity (Wildman–Crippen MR) is 61.6 cm³/mol. The van der Waals surface area contributed by atoms with Crippen LogP contribution in [0.2, 0.25) is 0 Å². The highest BCUT2D eigenvalue weighted by molar-refractivity contribution is 5.44. The molecule has 0 unspecified atom stereocenters. The summed E-state index contributed by atoms with van der Waals surface area (Å²) in [6.07, 6.45) is 0. The van der Waals surface area contributed by atoms with Crippen LogP contribution >= 0.6 is 0 Å². The number of rotatable bonds is 5. The molecule has 0 aromatic heterocycles. The molecule has 5 heteroatoms. The summed E-state index contributed by atoms with van der Waals surface area (Å²) in [6.45, 7) is 0.109. The Kier molecular flexibility index (Phi) is 4.12. The smallest absolute Gasteiger partial charge is 0.161 e. The molecule has 90 valence electrons. The van der Waals surface area contributed by atoms with Crippen molar-refractivity contribution in [3.05, 3.63) is 23.8 Å². The van der Waals surface area contributed by atoms with Crippen LogP contribution in [-0.4, -0.2) is 32.4 Å². The molecule has 0 heterocycles. The molecular weight excluding hydrogens is 208 g/mol. The maximum Gasteiger partial charge on any atom is 0.161 e. The number of methoxy groups -OCH3 is 2. The van der Waals surface area contributed by atoms with Gasteiger partial charge in [-0.2, -0.15) is 0 Å². The van der Waals surface area contributed by atoms with E-state index in [9.17, 15) is 5.11 Å². The summed E-state index contributed by atoms with van der Waals surface area (Å²) in [5, 5.41) is 10.1. The fourth-order valence-corrected chi connectivity index (χ4v) is 1.44. The number of nitrogens with two attached hydrogens (primary N) is 2. The Morgan fingerprint density at radius 1 is 1.12 bits per heavy atom. The molecule has 0 radical (unpaired) electrons. The Hall–Kier alpha value is -1.30. The highest BCUT2D eigenvalue weighted by Crippen LogP contribution is 2.31. The van der Waals surface area contributed by atoms with Crippen molar-refractivity contribution in [2.24, 2.45) is 11.5 Å². The Morgan fingerprint density at radius 2 is 1.69 bits per heavy atom. The van der Waals surface area contributed by atoms with E-state index in [1.165, 1.54) is 7.11 Å². The largest absolute Gasteiger partial charge is 0.493 e. The molecule has 0 aliphatic heterocycles. The van der Waals surface area contributed by atoms with E-state index in [4.69, 9.17) is 20.9 Å². The minimum absolute atomic E-state index is 0.0545. The third-order valence-electron chi connectivity index (χ3n) is 2.60. The SMILES string of the molecule is COc1ccc(C(O)(CN)CN)cc1OC. The molecule has 0 aliphatic carbocycles. The highest BCUT2D eigenvalue weighted by atomic mass is 16.5. The van der Waals surface area contributed by atoms with Crippen molar-refractivity contribution < 1.29 is 14.6 Å². The molecule has 0 atom stereocenters. The van der Waals surface area contributed by atoms with E-state index >= 15 is 0 Å². The molecule has 1 rings (SSSR count). The molecule has 1 aromatic rings. The van der Waals surface area contributed by atoms with Gasteiger partial charge in [0.25, 0.3) is 0 Å². The van der Waals surface area contributed by atoms with Crippen molar-refractivity contribution in [1.82, 2.24) is 0 Å². The van der Waals surface area contributed by atoms with E-state index in [0.29, 0.717) is 17.1 Å². The molecule has 0 aliphatic rings. The zero-order valence-corrected chi connectivity index (χ0v) is 9.56. The molecule has 5 nitrogen and oxygen atoms in total. The van der Waals surface area contributed by atoms with E-state index in [0.717, 1.165) is 0 Å². The molecule has 0 bridgehead atoms. The van der Waals surface area contributed by atoms with E-state index in [2.05, 4.69) is 0 Å². The third kappa shape index (κ3) is 2.27. The van der Waals surface area contributed by atoms with E-state index in [-0.39, 0.29) is 13.1 Å². The van der Waals surface area contributed by atoms with Crippen LogP contribution in [0.5, 0.6) is 11.5 Å². The van der Waals surface area contributed by atoms with Gasteiger partial charge in [0.1, 0.15) is 5.60 Å². The first-order chi connectivity index (χ1) is 7.61. The Labute approximate surface area is 95.0 Å². The van der Waals surface area contributed by atoms with Gasteiger partial charge in [-0.3, -0.25) is 0 Å². The van der Waals surface area contributed by atoms with Crippen molar-refractivity contribution in [2.75, 3.05) is 27.3 Å². The van der Waals surface area contributed by atoms with Gasteiger partial charge in [0.15, 0.2) is 11.5 Å². The Morgan fingerprint density at radius 3 is 2.12 bits per heavy atom. The molecule has 0 spiro atoms. The molecular formula is C11H18N2O3. The zero-order chi connectivity index (χ0) is 12.2. The van der Waals surface area contributed by atoms with Crippen LogP contribution in [0, 0.1) is 0 Å². The predicted octanol–water partition coefficient (Wildman–Crippen LogP) is -0.191. The second-order valence-electron chi connectivity index (χ2n) is 3.51. The first kappa shape index (κ1) is 12.8. The first-order valence-corrected chi connectivity index (χ1v) is 4.96. The summed E-state index contributed by atoms with van der Waals surface area (Å²) in [6, 6.07) is 5.12. The van der Waals surface area contributed by atoms with Crippen LogP contribution in [0.1, 0.15) is 5.56 Å².